The van der Waals surface area contributed by atoms with E-state index in [-0.39, 0.29) is 17.8 Å². The summed E-state index contributed by atoms with van der Waals surface area (Å²) < 4.78 is 2.07. The van der Waals surface area contributed by atoms with Gasteiger partial charge in [0.05, 0.1) is 17.4 Å². The quantitative estimate of drug-likeness (QED) is 0.347. The number of anilines is 1. The van der Waals surface area contributed by atoms with E-state index in [9.17, 15) is 5.11 Å². The molecule has 0 bridgehead atoms. The van der Waals surface area contributed by atoms with E-state index < -0.39 is 0 Å². The zero-order chi connectivity index (χ0) is 22.2. The summed E-state index contributed by atoms with van der Waals surface area (Å²) in [5.74, 6) is 0.0890. The molecule has 32 heavy (non-hydrogen) atoms. The van der Waals surface area contributed by atoms with Crippen LogP contribution >= 0.6 is 35.4 Å². The molecule has 0 radical (unpaired) electrons. The van der Waals surface area contributed by atoms with E-state index in [2.05, 4.69) is 14.9 Å². The van der Waals surface area contributed by atoms with Crippen molar-refractivity contribution in [1.82, 2.24) is 14.9 Å². The van der Waals surface area contributed by atoms with E-state index in [0.717, 1.165) is 17.1 Å². The number of phenols is 1. The lowest BCUT2D eigenvalue weighted by Gasteiger charge is -2.29. The zero-order valence-corrected chi connectivity index (χ0v) is 19.0. The van der Waals surface area contributed by atoms with E-state index in [0.29, 0.717) is 20.8 Å². The number of hydrogen-bond donors (Lipinski definition) is 2. The van der Waals surface area contributed by atoms with Crippen molar-refractivity contribution in [2.24, 2.45) is 0 Å². The number of rotatable bonds is 4. The molecule has 0 aliphatic carbocycles. The highest BCUT2D eigenvalue weighted by molar-refractivity contribution is 7.80. The number of phenolic OH excluding ortho intramolecular Hbond substituents is 1. The van der Waals surface area contributed by atoms with Gasteiger partial charge < -0.3 is 19.9 Å². The van der Waals surface area contributed by atoms with Gasteiger partial charge >= 0.3 is 0 Å². The van der Waals surface area contributed by atoms with Gasteiger partial charge in [0.15, 0.2) is 5.11 Å². The summed E-state index contributed by atoms with van der Waals surface area (Å²) >= 11 is 18.3. The van der Waals surface area contributed by atoms with Crippen LogP contribution in [0.3, 0.4) is 0 Å². The van der Waals surface area contributed by atoms with Crippen molar-refractivity contribution >= 4 is 46.2 Å². The first-order valence-electron chi connectivity index (χ1n) is 9.95. The Balaban J connectivity index is 1.70. The van der Waals surface area contributed by atoms with E-state index in [4.69, 9.17) is 35.4 Å². The molecule has 1 aliphatic rings. The third kappa shape index (κ3) is 3.71. The molecule has 2 N–H and O–H groups in total. The minimum atomic E-state index is -0.309. The number of nitrogens with one attached hydrogen (secondary N) is 1. The molecule has 0 amide bonds. The van der Waals surface area contributed by atoms with Crippen LogP contribution in [0.5, 0.6) is 5.75 Å². The summed E-state index contributed by atoms with van der Waals surface area (Å²) in [6.07, 6.45) is 3.74. The average molecular weight is 481 g/mol. The summed E-state index contributed by atoms with van der Waals surface area (Å²) in [5, 5.41) is 15.7. The average Bonchev–Trinajstić information content (AvgIpc) is 3.40. The molecule has 1 saturated heterocycles. The van der Waals surface area contributed by atoms with Gasteiger partial charge in [0, 0.05) is 33.8 Å². The van der Waals surface area contributed by atoms with Gasteiger partial charge in [0.2, 0.25) is 0 Å². The van der Waals surface area contributed by atoms with Gasteiger partial charge in [-0.3, -0.25) is 4.98 Å². The van der Waals surface area contributed by atoms with Crippen molar-refractivity contribution in [3.05, 3.63) is 107 Å². The number of halogens is 2. The van der Waals surface area contributed by atoms with E-state index in [1.807, 2.05) is 65.7 Å². The maximum atomic E-state index is 10.7. The Morgan fingerprint density at radius 3 is 2.56 bits per heavy atom. The van der Waals surface area contributed by atoms with Crippen molar-refractivity contribution < 1.29 is 5.11 Å². The third-order valence-electron chi connectivity index (χ3n) is 5.46. The molecule has 1 aliphatic heterocycles. The lowest BCUT2D eigenvalue weighted by molar-refractivity contribution is 0.472. The Bertz CT molecular complexity index is 1290. The summed E-state index contributed by atoms with van der Waals surface area (Å²) in [5.41, 5.74) is 3.24. The largest absolute Gasteiger partial charge is 0.506 e. The van der Waals surface area contributed by atoms with Gasteiger partial charge in [-0.2, -0.15) is 0 Å². The van der Waals surface area contributed by atoms with Crippen molar-refractivity contribution in [3.8, 4) is 11.4 Å². The molecule has 160 valence electrons. The number of hydrogen-bond acceptors (Lipinski definition) is 3. The minimum absolute atomic E-state index is 0.0890. The fraction of sp³-hybridized carbons (Fsp3) is 0.0833. The first-order chi connectivity index (χ1) is 15.5. The van der Waals surface area contributed by atoms with Crippen molar-refractivity contribution in [2.75, 3.05) is 4.90 Å². The summed E-state index contributed by atoms with van der Waals surface area (Å²) in [6, 6.07) is 21.8. The van der Waals surface area contributed by atoms with Crippen LogP contribution in [0.2, 0.25) is 10.0 Å². The number of pyridine rings is 1. The molecule has 4 aromatic rings. The van der Waals surface area contributed by atoms with Gasteiger partial charge in [0.1, 0.15) is 11.8 Å². The predicted octanol–water partition coefficient (Wildman–Crippen LogP) is 6.06. The lowest BCUT2D eigenvalue weighted by atomic mass is 10.0. The highest BCUT2D eigenvalue weighted by Gasteiger charge is 2.43. The normalized spacial score (nSPS) is 18.1. The first kappa shape index (κ1) is 20.8. The Hall–Kier alpha value is -3.06. The maximum absolute atomic E-state index is 10.7. The van der Waals surface area contributed by atoms with Crippen LogP contribution in [-0.2, 0) is 0 Å². The molecule has 0 saturated carbocycles. The third-order valence-corrected chi connectivity index (χ3v) is 6.25. The predicted molar refractivity (Wildman–Crippen MR) is 132 cm³/mol. The molecule has 0 spiro atoms. The second-order valence-electron chi connectivity index (χ2n) is 7.41. The molecule has 2 atom stereocenters. The molecule has 8 heteroatoms. The van der Waals surface area contributed by atoms with Gasteiger partial charge in [-0.25, -0.2) is 0 Å². The van der Waals surface area contributed by atoms with Gasteiger partial charge in [-0.05, 0) is 72.9 Å². The molecule has 1 fully saturated rings. The number of thiocarbonyl (C=S) groups is 1. The molecular formula is C24H18Cl2N4OS. The smallest absolute Gasteiger partial charge is 0.174 e. The Kier molecular flexibility index (Phi) is 5.51. The van der Waals surface area contributed by atoms with Crippen molar-refractivity contribution in [1.29, 1.82) is 0 Å². The fourth-order valence-corrected chi connectivity index (χ4v) is 4.79. The van der Waals surface area contributed by atoms with E-state index in [1.54, 1.807) is 24.4 Å². The summed E-state index contributed by atoms with van der Waals surface area (Å²) in [6.45, 7) is 0. The second-order valence-corrected chi connectivity index (χ2v) is 8.67. The first-order valence-corrected chi connectivity index (χ1v) is 11.1. The van der Waals surface area contributed by atoms with Gasteiger partial charge in [-0.1, -0.05) is 35.3 Å². The highest BCUT2D eigenvalue weighted by atomic mass is 35.5. The maximum Gasteiger partial charge on any atom is 0.174 e. The summed E-state index contributed by atoms with van der Waals surface area (Å²) in [7, 11) is 0. The van der Waals surface area contributed by atoms with Crippen LogP contribution in [0.4, 0.5) is 5.69 Å². The highest BCUT2D eigenvalue weighted by Crippen LogP contribution is 2.45. The van der Waals surface area contributed by atoms with Crippen molar-refractivity contribution in [2.45, 2.75) is 12.1 Å². The molecular weight excluding hydrogens is 463 g/mol. The fourth-order valence-electron chi connectivity index (χ4n) is 4.10. The van der Waals surface area contributed by atoms with Crippen LogP contribution in [0.1, 0.15) is 23.5 Å². The van der Waals surface area contributed by atoms with Crippen LogP contribution in [0, 0.1) is 0 Å². The molecule has 2 aromatic carbocycles. The van der Waals surface area contributed by atoms with Gasteiger partial charge in [0.25, 0.3) is 0 Å². The molecule has 3 heterocycles. The Morgan fingerprint density at radius 1 is 0.938 bits per heavy atom. The number of benzene rings is 2. The number of nitrogens with zero attached hydrogens (tertiary/aromatic N) is 3. The topological polar surface area (TPSA) is 53.3 Å². The van der Waals surface area contributed by atoms with Gasteiger partial charge in [-0.15, -0.1) is 0 Å². The van der Waals surface area contributed by atoms with Crippen molar-refractivity contribution in [3.63, 3.8) is 0 Å². The molecule has 2 aromatic heterocycles. The molecule has 5 nitrogen and oxygen atoms in total. The monoisotopic (exact) mass is 480 g/mol. The van der Waals surface area contributed by atoms with E-state index in [1.165, 1.54) is 0 Å². The molecule has 5 rings (SSSR count). The summed E-state index contributed by atoms with van der Waals surface area (Å²) in [4.78, 5) is 6.47. The Labute approximate surface area is 200 Å². The van der Waals surface area contributed by atoms with E-state index >= 15 is 0 Å². The van der Waals surface area contributed by atoms with Crippen LogP contribution < -0.4 is 10.2 Å². The number of aromatic hydroxyl groups is 1. The van der Waals surface area contributed by atoms with Crippen LogP contribution in [-0.4, -0.2) is 19.8 Å². The minimum Gasteiger partial charge on any atom is -0.506 e. The standard InChI is InChI=1S/C24H18Cl2N4OS/c25-15-5-3-6-17(13-15)29-12-4-8-19(29)23-22(18-7-1-2-11-27-18)28-24(32)30(23)20-14-16(26)9-10-21(20)31/h1-14,22-23,31H,(H,28,32)/t22-,23-/m0/s1. The SMILES string of the molecule is Oc1ccc(Cl)cc1N1C(=S)N[C@@H](c2ccccn2)[C@@H]1c1cccn1-c1cccc(Cl)c1. The Morgan fingerprint density at radius 2 is 1.78 bits per heavy atom. The molecule has 0 unspecified atom stereocenters. The van der Waals surface area contributed by atoms with Crippen LogP contribution in [0.25, 0.3) is 5.69 Å². The second kappa shape index (κ2) is 8.47. The number of aromatic nitrogens is 2. The lowest BCUT2D eigenvalue weighted by Crippen LogP contribution is -2.30. The zero-order valence-electron chi connectivity index (χ0n) is 16.7. The van der Waals surface area contributed by atoms with Crippen LogP contribution in [0.15, 0.2) is 85.2 Å².